The summed E-state index contributed by atoms with van der Waals surface area (Å²) in [7, 11) is 1.98. The number of nitrogens with one attached hydrogen (secondary N) is 1. The molecule has 14 heavy (non-hydrogen) atoms. The Morgan fingerprint density at radius 3 is 2.93 bits per heavy atom. The molecule has 0 saturated carbocycles. The third-order valence-electron chi connectivity index (χ3n) is 2.82. The molecule has 1 unspecified atom stereocenters. The minimum atomic E-state index is 0.398. The lowest BCUT2D eigenvalue weighted by Gasteiger charge is -2.13. The zero-order valence-corrected chi connectivity index (χ0v) is 9.23. The van der Waals surface area contributed by atoms with Crippen molar-refractivity contribution in [2.24, 2.45) is 0 Å². The van der Waals surface area contributed by atoms with Gasteiger partial charge >= 0.3 is 0 Å². The van der Waals surface area contributed by atoms with Crippen LogP contribution in [0.5, 0.6) is 0 Å². The summed E-state index contributed by atoms with van der Waals surface area (Å²) in [6.45, 7) is 2.17. The predicted octanol–water partition coefficient (Wildman–Crippen LogP) is 2.89. The van der Waals surface area contributed by atoms with Crippen LogP contribution in [-0.2, 0) is 6.42 Å². The van der Waals surface area contributed by atoms with E-state index in [0.29, 0.717) is 6.04 Å². The van der Waals surface area contributed by atoms with Crippen molar-refractivity contribution in [2.45, 2.75) is 19.4 Å². The topological polar surface area (TPSA) is 12.0 Å². The van der Waals surface area contributed by atoms with E-state index in [1.54, 1.807) is 0 Å². The fourth-order valence-corrected chi connectivity index (χ4v) is 2.06. The van der Waals surface area contributed by atoms with Crippen molar-refractivity contribution >= 4 is 17.2 Å². The zero-order chi connectivity index (χ0) is 10.1. The standard InChI is InChI=1S/C12H14ClN/c1-8(14-2)11-6-4-9-3-5-10(13)7-12(9)11/h3,5-8,14H,4H2,1-2H3. The molecular weight excluding hydrogens is 194 g/mol. The molecule has 0 aliphatic heterocycles. The maximum Gasteiger partial charge on any atom is 0.0412 e. The molecule has 0 radical (unpaired) electrons. The van der Waals surface area contributed by atoms with Crippen LogP contribution in [0.2, 0.25) is 5.02 Å². The molecule has 0 spiro atoms. The largest absolute Gasteiger partial charge is 0.313 e. The normalized spacial score (nSPS) is 16.4. The van der Waals surface area contributed by atoms with Gasteiger partial charge in [-0.2, -0.15) is 0 Å². The predicted molar refractivity (Wildman–Crippen MR) is 61.7 cm³/mol. The van der Waals surface area contributed by atoms with Crippen molar-refractivity contribution in [3.63, 3.8) is 0 Å². The van der Waals surface area contributed by atoms with Gasteiger partial charge < -0.3 is 5.32 Å². The van der Waals surface area contributed by atoms with Crippen LogP contribution in [-0.4, -0.2) is 13.1 Å². The summed E-state index contributed by atoms with van der Waals surface area (Å²) in [6.07, 6.45) is 3.32. The summed E-state index contributed by atoms with van der Waals surface area (Å²) in [5.74, 6) is 0. The van der Waals surface area contributed by atoms with E-state index >= 15 is 0 Å². The highest BCUT2D eigenvalue weighted by atomic mass is 35.5. The first-order valence-corrected chi connectivity index (χ1v) is 5.26. The van der Waals surface area contributed by atoms with E-state index in [2.05, 4.69) is 30.4 Å². The van der Waals surface area contributed by atoms with Crippen molar-refractivity contribution in [1.29, 1.82) is 0 Å². The Morgan fingerprint density at radius 2 is 2.21 bits per heavy atom. The highest BCUT2D eigenvalue weighted by Gasteiger charge is 2.17. The number of hydrogen-bond acceptors (Lipinski definition) is 1. The minimum Gasteiger partial charge on any atom is -0.313 e. The average molecular weight is 208 g/mol. The Morgan fingerprint density at radius 1 is 1.43 bits per heavy atom. The molecule has 1 N–H and O–H groups in total. The second-order valence-corrected chi connectivity index (χ2v) is 4.11. The summed E-state index contributed by atoms with van der Waals surface area (Å²) < 4.78 is 0. The van der Waals surface area contributed by atoms with Crippen molar-refractivity contribution in [3.05, 3.63) is 40.4 Å². The Kier molecular flexibility index (Phi) is 2.62. The van der Waals surface area contributed by atoms with Gasteiger partial charge in [0.15, 0.2) is 0 Å². The van der Waals surface area contributed by atoms with Gasteiger partial charge in [0.05, 0.1) is 0 Å². The average Bonchev–Trinajstić information content (AvgIpc) is 2.59. The van der Waals surface area contributed by atoms with Crippen LogP contribution < -0.4 is 5.32 Å². The molecule has 0 fully saturated rings. The van der Waals surface area contributed by atoms with Crippen LogP contribution in [0.4, 0.5) is 0 Å². The van der Waals surface area contributed by atoms with E-state index in [4.69, 9.17) is 11.6 Å². The van der Waals surface area contributed by atoms with E-state index in [0.717, 1.165) is 11.4 Å². The lowest BCUT2D eigenvalue weighted by atomic mass is 10.0. The summed E-state index contributed by atoms with van der Waals surface area (Å²) in [4.78, 5) is 0. The summed E-state index contributed by atoms with van der Waals surface area (Å²) >= 11 is 5.99. The highest BCUT2D eigenvalue weighted by molar-refractivity contribution is 6.30. The van der Waals surface area contributed by atoms with Crippen LogP contribution in [0.1, 0.15) is 18.1 Å². The van der Waals surface area contributed by atoms with E-state index in [-0.39, 0.29) is 0 Å². The second-order valence-electron chi connectivity index (χ2n) is 3.68. The maximum atomic E-state index is 5.99. The lowest BCUT2D eigenvalue weighted by Crippen LogP contribution is -2.22. The molecule has 1 nitrogen and oxygen atoms in total. The molecule has 1 aromatic rings. The second kappa shape index (κ2) is 3.76. The van der Waals surface area contributed by atoms with E-state index < -0.39 is 0 Å². The van der Waals surface area contributed by atoms with Gasteiger partial charge in [-0.3, -0.25) is 0 Å². The molecule has 2 rings (SSSR count). The number of benzene rings is 1. The molecule has 0 heterocycles. The Balaban J connectivity index is 2.40. The van der Waals surface area contributed by atoms with Crippen LogP contribution in [0.25, 0.3) is 5.57 Å². The molecule has 0 amide bonds. The number of likely N-dealkylation sites (N-methyl/N-ethyl adjacent to an activating group) is 1. The number of rotatable bonds is 2. The zero-order valence-electron chi connectivity index (χ0n) is 8.47. The lowest BCUT2D eigenvalue weighted by molar-refractivity contribution is 0.745. The highest BCUT2D eigenvalue weighted by Crippen LogP contribution is 2.31. The van der Waals surface area contributed by atoms with Crippen LogP contribution in [0, 0.1) is 0 Å². The van der Waals surface area contributed by atoms with Crippen LogP contribution >= 0.6 is 11.6 Å². The van der Waals surface area contributed by atoms with E-state index in [1.165, 1.54) is 16.7 Å². The van der Waals surface area contributed by atoms with Gasteiger partial charge in [-0.25, -0.2) is 0 Å². The van der Waals surface area contributed by atoms with Crippen LogP contribution in [0.3, 0.4) is 0 Å². The minimum absolute atomic E-state index is 0.398. The molecular formula is C12H14ClN. The Bertz CT molecular complexity index is 382. The number of hydrogen-bond donors (Lipinski definition) is 1. The maximum absolute atomic E-state index is 5.99. The fourth-order valence-electron chi connectivity index (χ4n) is 1.89. The van der Waals surface area contributed by atoms with Gasteiger partial charge in [-0.1, -0.05) is 23.7 Å². The number of halogens is 1. The summed E-state index contributed by atoms with van der Waals surface area (Å²) in [5, 5.41) is 4.08. The van der Waals surface area contributed by atoms with Crippen molar-refractivity contribution < 1.29 is 0 Å². The van der Waals surface area contributed by atoms with Gasteiger partial charge in [0.1, 0.15) is 0 Å². The number of allylic oxidation sites excluding steroid dienone is 1. The molecule has 1 atom stereocenters. The van der Waals surface area contributed by atoms with Gasteiger partial charge in [-0.15, -0.1) is 0 Å². The van der Waals surface area contributed by atoms with Gasteiger partial charge in [-0.05, 0) is 49.2 Å². The monoisotopic (exact) mass is 207 g/mol. The molecule has 2 heteroatoms. The molecule has 1 aliphatic rings. The Labute approximate surface area is 89.8 Å². The fraction of sp³-hybridized carbons (Fsp3) is 0.333. The molecule has 1 aromatic carbocycles. The third kappa shape index (κ3) is 1.58. The first-order valence-electron chi connectivity index (χ1n) is 4.88. The first kappa shape index (κ1) is 9.75. The van der Waals surface area contributed by atoms with Gasteiger partial charge in [0, 0.05) is 11.1 Å². The molecule has 1 aliphatic carbocycles. The smallest absolute Gasteiger partial charge is 0.0412 e. The van der Waals surface area contributed by atoms with Crippen molar-refractivity contribution in [2.75, 3.05) is 7.05 Å². The quantitative estimate of drug-likeness (QED) is 0.787. The summed E-state index contributed by atoms with van der Waals surface area (Å²) in [6, 6.07) is 6.53. The number of fused-ring (bicyclic) bond motifs is 1. The SMILES string of the molecule is CNC(C)C1=CCc2ccc(Cl)cc21. The van der Waals surface area contributed by atoms with Gasteiger partial charge in [0.25, 0.3) is 0 Å². The van der Waals surface area contributed by atoms with E-state index in [9.17, 15) is 0 Å². The van der Waals surface area contributed by atoms with E-state index in [1.807, 2.05) is 13.1 Å². The Hall–Kier alpha value is -0.790. The van der Waals surface area contributed by atoms with Crippen molar-refractivity contribution in [1.82, 2.24) is 5.32 Å². The third-order valence-corrected chi connectivity index (χ3v) is 3.06. The van der Waals surface area contributed by atoms with Gasteiger partial charge in [0.2, 0.25) is 0 Å². The molecule has 0 saturated heterocycles. The van der Waals surface area contributed by atoms with Crippen LogP contribution in [0.15, 0.2) is 24.3 Å². The molecule has 0 aromatic heterocycles. The molecule has 74 valence electrons. The molecule has 0 bridgehead atoms. The van der Waals surface area contributed by atoms with Crippen molar-refractivity contribution in [3.8, 4) is 0 Å². The summed E-state index contributed by atoms with van der Waals surface area (Å²) in [5.41, 5.74) is 4.05. The first-order chi connectivity index (χ1) is 6.72.